The molecule has 0 amide bonds. The van der Waals surface area contributed by atoms with Crippen LogP contribution in [0.1, 0.15) is 10.4 Å². The van der Waals surface area contributed by atoms with Gasteiger partial charge in [-0.25, -0.2) is 0 Å². The molecule has 2 aromatic rings. The van der Waals surface area contributed by atoms with Crippen molar-refractivity contribution >= 4 is 27.4 Å². The van der Waals surface area contributed by atoms with E-state index in [1.807, 2.05) is 60.5 Å². The molecule has 0 aliphatic rings. The smallest absolute Gasteiger partial charge is 0.182 e. The molecule has 20 heavy (non-hydrogen) atoms. The van der Waals surface area contributed by atoms with E-state index in [-0.39, 0.29) is 5.78 Å². The zero-order chi connectivity index (χ0) is 14.5. The Morgan fingerprint density at radius 2 is 1.90 bits per heavy atom. The van der Waals surface area contributed by atoms with Crippen molar-refractivity contribution in [2.45, 2.75) is 0 Å². The van der Waals surface area contributed by atoms with Crippen LogP contribution >= 0.6 is 15.9 Å². The summed E-state index contributed by atoms with van der Waals surface area (Å²) in [6.45, 7) is 0.328. The van der Waals surface area contributed by atoms with Gasteiger partial charge in [0.05, 0.1) is 13.7 Å². The minimum absolute atomic E-state index is 0.0859. The van der Waals surface area contributed by atoms with Crippen LogP contribution < -0.4 is 9.64 Å². The highest BCUT2D eigenvalue weighted by molar-refractivity contribution is 9.10. The summed E-state index contributed by atoms with van der Waals surface area (Å²) in [6, 6.07) is 15.1. The standard InChI is InChI=1S/C16H16BrNO2/c1-18(14-4-3-5-15(10-14)20-2)11-16(19)12-6-8-13(17)9-7-12/h3-10H,11H2,1-2H3. The van der Waals surface area contributed by atoms with Crippen LogP contribution in [0.5, 0.6) is 5.75 Å². The van der Waals surface area contributed by atoms with Crippen molar-refractivity contribution in [3.8, 4) is 5.75 Å². The lowest BCUT2D eigenvalue weighted by molar-refractivity contribution is 0.100. The van der Waals surface area contributed by atoms with Gasteiger partial charge in [0.1, 0.15) is 5.75 Å². The van der Waals surface area contributed by atoms with Crippen LogP contribution in [0.3, 0.4) is 0 Å². The Morgan fingerprint density at radius 3 is 2.55 bits per heavy atom. The molecule has 0 atom stereocenters. The summed E-state index contributed by atoms with van der Waals surface area (Å²) < 4.78 is 6.16. The average Bonchev–Trinajstić information content (AvgIpc) is 2.47. The highest BCUT2D eigenvalue weighted by atomic mass is 79.9. The number of benzene rings is 2. The van der Waals surface area contributed by atoms with Crippen molar-refractivity contribution < 1.29 is 9.53 Å². The predicted octanol–water partition coefficient (Wildman–Crippen LogP) is 3.78. The lowest BCUT2D eigenvalue weighted by atomic mass is 10.1. The summed E-state index contributed by atoms with van der Waals surface area (Å²) in [5.74, 6) is 0.869. The molecule has 0 heterocycles. The first-order valence-electron chi connectivity index (χ1n) is 6.24. The molecule has 0 bridgehead atoms. The first kappa shape index (κ1) is 14.6. The van der Waals surface area contributed by atoms with Gasteiger partial charge in [-0.1, -0.05) is 34.1 Å². The highest BCUT2D eigenvalue weighted by Gasteiger charge is 2.10. The number of anilines is 1. The molecule has 0 unspecified atom stereocenters. The van der Waals surface area contributed by atoms with E-state index in [4.69, 9.17) is 4.74 Å². The molecule has 0 radical (unpaired) electrons. The Hall–Kier alpha value is -1.81. The van der Waals surface area contributed by atoms with Crippen molar-refractivity contribution in [3.63, 3.8) is 0 Å². The molecule has 0 aliphatic carbocycles. The van der Waals surface area contributed by atoms with Gasteiger partial charge in [-0.15, -0.1) is 0 Å². The highest BCUT2D eigenvalue weighted by Crippen LogP contribution is 2.20. The normalized spacial score (nSPS) is 10.2. The van der Waals surface area contributed by atoms with E-state index in [0.717, 1.165) is 15.9 Å². The van der Waals surface area contributed by atoms with Gasteiger partial charge in [-0.2, -0.15) is 0 Å². The molecule has 2 rings (SSSR count). The zero-order valence-electron chi connectivity index (χ0n) is 11.5. The van der Waals surface area contributed by atoms with Crippen LogP contribution in [-0.2, 0) is 0 Å². The van der Waals surface area contributed by atoms with Crippen LogP contribution in [0.25, 0.3) is 0 Å². The van der Waals surface area contributed by atoms with Gasteiger partial charge in [-0.05, 0) is 24.3 Å². The zero-order valence-corrected chi connectivity index (χ0v) is 13.1. The molecule has 0 saturated heterocycles. The number of methoxy groups -OCH3 is 1. The van der Waals surface area contributed by atoms with Gasteiger partial charge >= 0.3 is 0 Å². The van der Waals surface area contributed by atoms with Crippen LogP contribution in [0.4, 0.5) is 5.69 Å². The SMILES string of the molecule is COc1cccc(N(C)CC(=O)c2ccc(Br)cc2)c1. The van der Waals surface area contributed by atoms with E-state index < -0.39 is 0 Å². The Kier molecular flexibility index (Phi) is 4.79. The number of hydrogen-bond donors (Lipinski definition) is 0. The van der Waals surface area contributed by atoms with E-state index in [0.29, 0.717) is 12.1 Å². The van der Waals surface area contributed by atoms with Crippen molar-refractivity contribution in [2.24, 2.45) is 0 Å². The van der Waals surface area contributed by atoms with Crippen LogP contribution in [-0.4, -0.2) is 26.5 Å². The molecule has 0 fully saturated rings. The van der Waals surface area contributed by atoms with E-state index in [2.05, 4.69) is 15.9 Å². The average molecular weight is 334 g/mol. The number of hydrogen-bond acceptors (Lipinski definition) is 3. The summed E-state index contributed by atoms with van der Waals surface area (Å²) in [5, 5.41) is 0. The summed E-state index contributed by atoms with van der Waals surface area (Å²) in [5.41, 5.74) is 1.66. The van der Waals surface area contributed by atoms with Gasteiger partial charge in [0.2, 0.25) is 0 Å². The first-order chi connectivity index (χ1) is 9.60. The minimum atomic E-state index is 0.0859. The maximum absolute atomic E-state index is 12.2. The van der Waals surface area contributed by atoms with Gasteiger partial charge in [-0.3, -0.25) is 4.79 Å². The number of rotatable bonds is 5. The number of ether oxygens (including phenoxy) is 1. The molecule has 0 saturated carbocycles. The fourth-order valence-electron chi connectivity index (χ4n) is 1.88. The monoisotopic (exact) mass is 333 g/mol. The topological polar surface area (TPSA) is 29.5 Å². The lowest BCUT2D eigenvalue weighted by Crippen LogP contribution is -2.25. The Labute approximate surface area is 127 Å². The molecule has 4 heteroatoms. The fraction of sp³-hybridized carbons (Fsp3) is 0.188. The number of halogens is 1. The number of carbonyl (C=O) groups is 1. The fourth-order valence-corrected chi connectivity index (χ4v) is 2.15. The minimum Gasteiger partial charge on any atom is -0.497 e. The summed E-state index contributed by atoms with van der Waals surface area (Å²) in [6.07, 6.45) is 0. The second-order valence-electron chi connectivity index (χ2n) is 4.49. The third kappa shape index (κ3) is 3.61. The van der Waals surface area contributed by atoms with E-state index >= 15 is 0 Å². The number of ketones is 1. The van der Waals surface area contributed by atoms with E-state index in [9.17, 15) is 4.79 Å². The van der Waals surface area contributed by atoms with Gasteiger partial charge in [0, 0.05) is 28.8 Å². The van der Waals surface area contributed by atoms with Crippen LogP contribution in [0.15, 0.2) is 53.0 Å². The largest absolute Gasteiger partial charge is 0.497 e. The molecule has 0 N–H and O–H groups in total. The second-order valence-corrected chi connectivity index (χ2v) is 5.40. The Balaban J connectivity index is 2.08. The van der Waals surface area contributed by atoms with Gasteiger partial charge in [0.25, 0.3) is 0 Å². The molecule has 104 valence electrons. The number of carbonyl (C=O) groups excluding carboxylic acids is 1. The molecular formula is C16H16BrNO2. The summed E-state index contributed by atoms with van der Waals surface area (Å²) >= 11 is 3.36. The van der Waals surface area contributed by atoms with E-state index in [1.54, 1.807) is 7.11 Å². The predicted molar refractivity (Wildman–Crippen MR) is 84.7 cm³/mol. The molecule has 2 aromatic carbocycles. The number of likely N-dealkylation sites (N-methyl/N-ethyl adjacent to an activating group) is 1. The Morgan fingerprint density at radius 1 is 1.20 bits per heavy atom. The van der Waals surface area contributed by atoms with Crippen LogP contribution in [0, 0.1) is 0 Å². The quantitative estimate of drug-likeness (QED) is 0.780. The van der Waals surface area contributed by atoms with Crippen molar-refractivity contribution in [1.82, 2.24) is 0 Å². The van der Waals surface area contributed by atoms with Crippen molar-refractivity contribution in [3.05, 3.63) is 58.6 Å². The third-order valence-corrected chi connectivity index (χ3v) is 3.57. The lowest BCUT2D eigenvalue weighted by Gasteiger charge is -2.19. The molecule has 3 nitrogen and oxygen atoms in total. The molecule has 0 aromatic heterocycles. The third-order valence-electron chi connectivity index (χ3n) is 3.04. The Bertz CT molecular complexity index is 596. The molecule has 0 aliphatic heterocycles. The van der Waals surface area contributed by atoms with E-state index in [1.165, 1.54) is 0 Å². The van der Waals surface area contributed by atoms with Crippen molar-refractivity contribution in [2.75, 3.05) is 25.6 Å². The van der Waals surface area contributed by atoms with Crippen LogP contribution in [0.2, 0.25) is 0 Å². The molecular weight excluding hydrogens is 318 g/mol. The number of nitrogens with zero attached hydrogens (tertiary/aromatic N) is 1. The van der Waals surface area contributed by atoms with Gasteiger partial charge < -0.3 is 9.64 Å². The maximum Gasteiger partial charge on any atom is 0.182 e. The molecule has 0 spiro atoms. The van der Waals surface area contributed by atoms with Gasteiger partial charge in [0.15, 0.2) is 5.78 Å². The summed E-state index contributed by atoms with van der Waals surface area (Å²) in [7, 11) is 3.53. The van der Waals surface area contributed by atoms with Crippen molar-refractivity contribution in [1.29, 1.82) is 0 Å². The maximum atomic E-state index is 12.2. The number of Topliss-reactive ketones (excluding diaryl/α,β-unsaturated/α-hetero) is 1. The summed E-state index contributed by atoms with van der Waals surface area (Å²) in [4.78, 5) is 14.1. The second kappa shape index (κ2) is 6.57. The first-order valence-corrected chi connectivity index (χ1v) is 7.03.